The number of isothiocyanates is 1. The van der Waals surface area contributed by atoms with Crippen LogP contribution in [-0.2, 0) is 17.1 Å². The van der Waals surface area contributed by atoms with Crippen LogP contribution in [0.3, 0.4) is 0 Å². The van der Waals surface area contributed by atoms with Gasteiger partial charge in [0.15, 0.2) is 0 Å². The quantitative estimate of drug-likeness (QED) is 0.404. The molecule has 1 aromatic carbocycles. The number of halogens is 1. The molecule has 0 saturated heterocycles. The molecule has 21 heavy (non-hydrogen) atoms. The fraction of sp³-hybridized carbons (Fsp3) is 0.429. The molecule has 1 aromatic rings. The molecule has 0 aliphatic carbocycles. The van der Waals surface area contributed by atoms with E-state index in [0.717, 1.165) is 30.7 Å². The Bertz CT molecular complexity index is 462. The number of hydrogen-bond donors (Lipinski definition) is 0. The van der Waals surface area contributed by atoms with Gasteiger partial charge < -0.3 is 15.4 Å². The fourth-order valence-electron chi connectivity index (χ4n) is 1.52. The van der Waals surface area contributed by atoms with E-state index >= 15 is 0 Å². The van der Waals surface area contributed by atoms with Crippen molar-refractivity contribution in [3.8, 4) is 5.75 Å². The van der Waals surface area contributed by atoms with Gasteiger partial charge in [-0.2, -0.15) is 5.16 Å². The molecule has 1 rings (SSSR count). The van der Waals surface area contributed by atoms with Crippen LogP contribution >= 0.6 is 28.1 Å². The van der Waals surface area contributed by atoms with Gasteiger partial charge in [-0.05, 0) is 30.8 Å². The summed E-state index contributed by atoms with van der Waals surface area (Å²) in [6.45, 7) is 8.01. The molecule has 0 aliphatic rings. The second-order valence-corrected chi connectivity index (χ2v) is 4.93. The second-order valence-electron chi connectivity index (χ2n) is 3.84. The Labute approximate surface area is 150 Å². The first-order valence-corrected chi connectivity index (χ1v) is 7.49. The average Bonchev–Trinajstić information content (AvgIpc) is 2.43. The molecule has 0 saturated carbocycles. The first-order chi connectivity index (χ1) is 9.58. The van der Waals surface area contributed by atoms with Crippen molar-refractivity contribution in [3.05, 3.63) is 33.6 Å². The first kappa shape index (κ1) is 22.7. The molecule has 0 aromatic heterocycles. The van der Waals surface area contributed by atoms with Crippen LogP contribution in [-0.4, -0.2) is 42.5 Å². The van der Waals surface area contributed by atoms with Gasteiger partial charge in [0.05, 0.1) is 6.54 Å². The van der Waals surface area contributed by atoms with Gasteiger partial charge in [0.25, 0.3) is 0 Å². The summed E-state index contributed by atoms with van der Waals surface area (Å²) in [4.78, 5) is 6.59. The Hall–Kier alpha value is -0.551. The second kappa shape index (κ2) is 14.4. The van der Waals surface area contributed by atoms with Crippen molar-refractivity contribution in [2.45, 2.75) is 13.8 Å². The summed E-state index contributed by atoms with van der Waals surface area (Å²) in [5.41, 5.74) is 0.638. The number of benzene rings is 1. The van der Waals surface area contributed by atoms with E-state index in [9.17, 15) is 5.11 Å². The van der Waals surface area contributed by atoms with Crippen molar-refractivity contribution >= 4 is 39.5 Å². The molecule has 0 bridgehead atoms. The molecule has 4 nitrogen and oxygen atoms in total. The summed E-state index contributed by atoms with van der Waals surface area (Å²) in [5.74, 6) is 0.0137. The minimum atomic E-state index is 0. The number of hydrogen-bond acceptors (Lipinski definition) is 4. The number of rotatable bonds is 6. The van der Waals surface area contributed by atoms with Gasteiger partial charge in [-0.15, -0.1) is 0 Å². The number of nitrogens with zero attached hydrogens (tertiary/aromatic N) is 3. The Morgan fingerprint density at radius 2 is 2.00 bits per heavy atom. The van der Waals surface area contributed by atoms with Gasteiger partial charge in [-0.1, -0.05) is 53.8 Å². The molecule has 0 aliphatic heterocycles. The van der Waals surface area contributed by atoms with Crippen LogP contribution in [0.25, 0.3) is 5.41 Å². The molecular weight excluding hydrogens is 402 g/mol. The maximum atomic E-state index is 11.5. The molecule has 0 atom stereocenters. The summed E-state index contributed by atoms with van der Waals surface area (Å²) >= 11 is 7.04. The zero-order valence-electron chi connectivity index (χ0n) is 12.0. The maximum absolute atomic E-state index is 11.5. The van der Waals surface area contributed by atoms with E-state index < -0.39 is 0 Å². The van der Waals surface area contributed by atoms with Crippen LogP contribution in [0.5, 0.6) is 5.75 Å². The normalized spacial score (nSPS) is 9.71. The van der Waals surface area contributed by atoms with E-state index in [1.165, 1.54) is 5.16 Å². The molecule has 0 N–H and O–H groups in total. The monoisotopic (exact) mass is 418 g/mol. The maximum Gasteiger partial charge on any atom is 2.00 e. The summed E-state index contributed by atoms with van der Waals surface area (Å²) in [5, 5.41) is 20.0. The Balaban J connectivity index is 0. The minimum Gasteiger partial charge on any atom is -0.872 e. The van der Waals surface area contributed by atoms with E-state index in [4.69, 9.17) is 5.41 Å². The van der Waals surface area contributed by atoms with Crippen molar-refractivity contribution in [1.82, 2.24) is 4.90 Å². The van der Waals surface area contributed by atoms with Gasteiger partial charge in [0.2, 0.25) is 0 Å². The number of thiocarbonyl (C=S) groups is 1. The minimum absolute atomic E-state index is 0. The molecule has 1 radical (unpaired) electrons. The first-order valence-electron chi connectivity index (χ1n) is 6.28. The van der Waals surface area contributed by atoms with Gasteiger partial charge in [0.1, 0.15) is 0 Å². The van der Waals surface area contributed by atoms with Gasteiger partial charge in [-0.25, -0.2) is 0 Å². The van der Waals surface area contributed by atoms with E-state index in [1.54, 1.807) is 24.4 Å². The van der Waals surface area contributed by atoms with Crippen LogP contribution in [0.4, 0.5) is 0 Å². The van der Waals surface area contributed by atoms with Crippen molar-refractivity contribution in [2.75, 3.05) is 26.2 Å². The average molecular weight is 420 g/mol. The molecular formula is C14H18BrCuN3OS. The van der Waals surface area contributed by atoms with Crippen molar-refractivity contribution in [3.63, 3.8) is 0 Å². The van der Waals surface area contributed by atoms with Crippen LogP contribution in [0.2, 0.25) is 0 Å². The van der Waals surface area contributed by atoms with Crippen molar-refractivity contribution in [2.24, 2.45) is 4.99 Å². The molecule has 0 unspecified atom stereocenters. The van der Waals surface area contributed by atoms with E-state index in [-0.39, 0.29) is 22.8 Å². The zero-order chi connectivity index (χ0) is 15.4. The van der Waals surface area contributed by atoms with Gasteiger partial charge >= 0.3 is 17.1 Å². The van der Waals surface area contributed by atoms with E-state index in [1.807, 2.05) is 0 Å². The van der Waals surface area contributed by atoms with Crippen LogP contribution in [0.15, 0.2) is 27.7 Å². The number of likely N-dealkylation sites (N-methyl/N-ethyl adjacent to an activating group) is 1. The van der Waals surface area contributed by atoms with E-state index in [0.29, 0.717) is 5.56 Å². The number of aliphatic imine (C=N–C) groups is 1. The van der Waals surface area contributed by atoms with Crippen LogP contribution in [0.1, 0.15) is 19.4 Å². The van der Waals surface area contributed by atoms with E-state index in [2.05, 4.69) is 51.9 Å². The SMILES string of the molecule is CCN(CC)CCN=Cc1cc(Br)ccc1[O-].[Cu+2].[N-]=C=S. The van der Waals surface area contributed by atoms with Crippen LogP contribution in [0, 0.1) is 0 Å². The fourth-order valence-corrected chi connectivity index (χ4v) is 1.90. The summed E-state index contributed by atoms with van der Waals surface area (Å²) in [6.07, 6.45) is 1.66. The summed E-state index contributed by atoms with van der Waals surface area (Å²) in [6, 6.07) is 5.09. The Morgan fingerprint density at radius 3 is 2.52 bits per heavy atom. The largest absolute Gasteiger partial charge is 2.00 e. The van der Waals surface area contributed by atoms with Gasteiger partial charge in [-0.3, -0.25) is 4.99 Å². The van der Waals surface area contributed by atoms with Gasteiger partial charge in [0, 0.05) is 17.2 Å². The zero-order valence-corrected chi connectivity index (χ0v) is 15.3. The van der Waals surface area contributed by atoms with Crippen molar-refractivity contribution < 1.29 is 22.2 Å². The topological polar surface area (TPSA) is 61.0 Å². The molecule has 0 fully saturated rings. The predicted octanol–water partition coefficient (Wildman–Crippen LogP) is 2.94. The third-order valence-electron chi connectivity index (χ3n) is 2.64. The molecule has 0 heterocycles. The third-order valence-corrected chi connectivity index (χ3v) is 3.14. The molecule has 0 spiro atoms. The summed E-state index contributed by atoms with van der Waals surface area (Å²) < 4.78 is 0.905. The third kappa shape index (κ3) is 10.8. The predicted molar refractivity (Wildman–Crippen MR) is 89.8 cm³/mol. The Morgan fingerprint density at radius 1 is 1.43 bits per heavy atom. The molecule has 119 valence electrons. The standard InChI is InChI=1S/C13H19BrN2O.CNS.Cu/c1-3-16(4-2)8-7-15-10-11-9-12(14)5-6-13(11)17;2-1-3;/h5-6,9-10,17H,3-4,7-8H2,1-2H3;;/q;-1;+2/p-1. The van der Waals surface area contributed by atoms with Crippen LogP contribution < -0.4 is 5.11 Å². The Kier molecular flexibility index (Phi) is 15.6. The molecule has 7 heteroatoms. The molecule has 0 amide bonds. The summed E-state index contributed by atoms with van der Waals surface area (Å²) in [7, 11) is 0. The smallest absolute Gasteiger partial charge is 0.872 e. The van der Waals surface area contributed by atoms with Crippen molar-refractivity contribution in [1.29, 1.82) is 0 Å².